The molecule has 1 amide bonds. The van der Waals surface area contributed by atoms with E-state index in [-0.39, 0.29) is 6.09 Å². The highest BCUT2D eigenvalue weighted by atomic mass is 16.6. The highest BCUT2D eigenvalue weighted by Crippen LogP contribution is 2.22. The summed E-state index contributed by atoms with van der Waals surface area (Å²) < 4.78 is 11.5. The second-order valence-electron chi connectivity index (χ2n) is 7.79. The van der Waals surface area contributed by atoms with Crippen LogP contribution in [-0.4, -0.2) is 23.1 Å². The van der Waals surface area contributed by atoms with E-state index < -0.39 is 5.60 Å². The van der Waals surface area contributed by atoms with Gasteiger partial charge in [0.2, 0.25) is 0 Å². The minimum absolute atomic E-state index is 0.301. The minimum Gasteiger partial charge on any atom is -0.489 e. The van der Waals surface area contributed by atoms with Crippen LogP contribution in [0.1, 0.15) is 50.8 Å². The third kappa shape index (κ3) is 7.10. The Morgan fingerprint density at radius 3 is 2.43 bits per heavy atom. The third-order valence-electron chi connectivity index (χ3n) is 3.99. The summed E-state index contributed by atoms with van der Waals surface area (Å²) in [5.41, 5.74) is 2.53. The van der Waals surface area contributed by atoms with E-state index in [1.165, 1.54) is 0 Å². The van der Waals surface area contributed by atoms with Crippen molar-refractivity contribution in [2.24, 2.45) is 0 Å². The van der Waals surface area contributed by atoms with E-state index in [4.69, 9.17) is 9.47 Å². The Labute approximate surface area is 168 Å². The number of carbonyl (C=O) groups excluding carboxylic acids is 1. The molecule has 0 bridgehead atoms. The molecule has 0 aromatic heterocycles. The lowest BCUT2D eigenvalue weighted by Gasteiger charge is -2.27. The van der Waals surface area contributed by atoms with Gasteiger partial charge in [-0.1, -0.05) is 49.9 Å². The van der Waals surface area contributed by atoms with Gasteiger partial charge in [0.05, 0.1) is 0 Å². The molecule has 0 aliphatic carbocycles. The monoisotopic (exact) mass is 381 g/mol. The van der Waals surface area contributed by atoms with Crippen LogP contribution in [0.15, 0.2) is 55.1 Å². The maximum atomic E-state index is 12.6. The van der Waals surface area contributed by atoms with Crippen molar-refractivity contribution in [2.75, 3.05) is 6.54 Å². The maximum Gasteiger partial charge on any atom is 0.410 e. The van der Waals surface area contributed by atoms with Crippen LogP contribution in [0.25, 0.3) is 6.08 Å². The number of rotatable bonds is 8. The lowest BCUT2D eigenvalue weighted by Crippen LogP contribution is -2.36. The standard InChI is InChI=1S/C24H31NO3/c1-6-13-25(23(26)28-24(3,4)5)17-21-14-19(7-2)15-22(16-21)27-18-20-11-9-8-10-12-20/h7-12,14-16H,2,6,13,17-18H2,1,3-5H3. The molecular weight excluding hydrogens is 350 g/mol. The first-order valence-electron chi connectivity index (χ1n) is 9.72. The zero-order valence-electron chi connectivity index (χ0n) is 17.4. The Hall–Kier alpha value is -2.75. The van der Waals surface area contributed by atoms with Gasteiger partial charge in [-0.05, 0) is 62.1 Å². The van der Waals surface area contributed by atoms with E-state index in [0.29, 0.717) is 19.7 Å². The quantitative estimate of drug-likeness (QED) is 0.558. The van der Waals surface area contributed by atoms with Crippen LogP contribution in [0.4, 0.5) is 4.79 Å². The molecule has 0 radical (unpaired) electrons. The van der Waals surface area contributed by atoms with Crippen LogP contribution in [0.2, 0.25) is 0 Å². The molecule has 0 fully saturated rings. The fourth-order valence-electron chi connectivity index (χ4n) is 2.77. The molecule has 150 valence electrons. The SMILES string of the molecule is C=Cc1cc(CN(CCC)C(=O)OC(C)(C)C)cc(OCc2ccccc2)c1. The Morgan fingerprint density at radius 1 is 1.11 bits per heavy atom. The predicted octanol–water partition coefficient (Wildman–Crippen LogP) is 6.06. The first-order chi connectivity index (χ1) is 13.3. The minimum atomic E-state index is -0.518. The van der Waals surface area contributed by atoms with Crippen molar-refractivity contribution in [1.82, 2.24) is 4.90 Å². The van der Waals surface area contributed by atoms with Crippen LogP contribution in [-0.2, 0) is 17.9 Å². The van der Waals surface area contributed by atoms with Crippen molar-refractivity contribution >= 4 is 12.2 Å². The first-order valence-corrected chi connectivity index (χ1v) is 9.72. The Bertz CT molecular complexity index is 778. The molecule has 2 rings (SSSR count). The zero-order chi connectivity index (χ0) is 20.6. The van der Waals surface area contributed by atoms with Gasteiger partial charge in [0.25, 0.3) is 0 Å². The topological polar surface area (TPSA) is 38.8 Å². The first kappa shape index (κ1) is 21.5. The summed E-state index contributed by atoms with van der Waals surface area (Å²) in [6, 6.07) is 16.0. The van der Waals surface area contributed by atoms with Gasteiger partial charge in [0, 0.05) is 13.1 Å². The van der Waals surface area contributed by atoms with E-state index in [2.05, 4.69) is 6.58 Å². The summed E-state index contributed by atoms with van der Waals surface area (Å²) in [4.78, 5) is 14.3. The lowest BCUT2D eigenvalue weighted by atomic mass is 10.1. The summed E-state index contributed by atoms with van der Waals surface area (Å²) in [6.07, 6.45) is 2.35. The molecule has 4 nitrogen and oxygen atoms in total. The van der Waals surface area contributed by atoms with Gasteiger partial charge >= 0.3 is 6.09 Å². The van der Waals surface area contributed by atoms with Gasteiger partial charge in [-0.25, -0.2) is 4.79 Å². The van der Waals surface area contributed by atoms with Gasteiger partial charge in [-0.2, -0.15) is 0 Å². The average Bonchev–Trinajstić information content (AvgIpc) is 2.65. The number of nitrogens with zero attached hydrogens (tertiary/aromatic N) is 1. The molecule has 2 aromatic carbocycles. The third-order valence-corrected chi connectivity index (χ3v) is 3.99. The molecule has 28 heavy (non-hydrogen) atoms. The zero-order valence-corrected chi connectivity index (χ0v) is 17.4. The molecule has 0 aliphatic heterocycles. The van der Waals surface area contributed by atoms with Crippen molar-refractivity contribution in [3.8, 4) is 5.75 Å². The Kier molecular flexibility index (Phi) is 7.68. The van der Waals surface area contributed by atoms with Crippen molar-refractivity contribution < 1.29 is 14.3 Å². The van der Waals surface area contributed by atoms with Gasteiger partial charge < -0.3 is 14.4 Å². The van der Waals surface area contributed by atoms with Gasteiger partial charge in [0.1, 0.15) is 18.0 Å². The summed E-state index contributed by atoms with van der Waals surface area (Å²) >= 11 is 0. The molecule has 0 N–H and O–H groups in total. The van der Waals surface area contributed by atoms with Crippen LogP contribution in [0, 0.1) is 0 Å². The Morgan fingerprint density at radius 2 is 1.82 bits per heavy atom. The van der Waals surface area contributed by atoms with E-state index in [1.54, 1.807) is 11.0 Å². The van der Waals surface area contributed by atoms with Gasteiger partial charge in [-0.15, -0.1) is 0 Å². The predicted molar refractivity (Wildman–Crippen MR) is 114 cm³/mol. The van der Waals surface area contributed by atoms with E-state index in [9.17, 15) is 4.79 Å². The second kappa shape index (κ2) is 9.98. The molecule has 4 heteroatoms. The molecular formula is C24H31NO3. The van der Waals surface area contributed by atoms with Crippen LogP contribution < -0.4 is 4.74 Å². The fourth-order valence-corrected chi connectivity index (χ4v) is 2.77. The molecule has 0 atom stereocenters. The number of carbonyl (C=O) groups is 1. The van der Waals surface area contributed by atoms with E-state index in [0.717, 1.165) is 28.9 Å². The molecule has 0 aliphatic rings. The number of amides is 1. The van der Waals surface area contributed by atoms with Gasteiger partial charge in [-0.3, -0.25) is 0 Å². The largest absolute Gasteiger partial charge is 0.489 e. The smallest absolute Gasteiger partial charge is 0.410 e. The van der Waals surface area contributed by atoms with Crippen molar-refractivity contribution in [3.63, 3.8) is 0 Å². The molecule has 0 unspecified atom stereocenters. The summed E-state index contributed by atoms with van der Waals surface area (Å²) in [7, 11) is 0. The fraction of sp³-hybridized carbons (Fsp3) is 0.375. The normalized spacial score (nSPS) is 11.0. The number of hydrogen-bond acceptors (Lipinski definition) is 3. The summed E-state index contributed by atoms with van der Waals surface area (Å²) in [5.74, 6) is 0.761. The molecule has 2 aromatic rings. The van der Waals surface area contributed by atoms with E-state index in [1.807, 2.05) is 76.2 Å². The molecule has 0 spiro atoms. The van der Waals surface area contributed by atoms with Crippen LogP contribution in [0.5, 0.6) is 5.75 Å². The van der Waals surface area contributed by atoms with E-state index >= 15 is 0 Å². The molecule has 0 saturated heterocycles. The Balaban J connectivity index is 2.15. The van der Waals surface area contributed by atoms with Crippen LogP contribution >= 0.6 is 0 Å². The van der Waals surface area contributed by atoms with Crippen molar-refractivity contribution in [2.45, 2.75) is 52.9 Å². The lowest BCUT2D eigenvalue weighted by molar-refractivity contribution is 0.0233. The molecule has 0 heterocycles. The average molecular weight is 382 g/mol. The maximum absolute atomic E-state index is 12.6. The van der Waals surface area contributed by atoms with Crippen LogP contribution in [0.3, 0.4) is 0 Å². The van der Waals surface area contributed by atoms with Crippen molar-refractivity contribution in [1.29, 1.82) is 0 Å². The molecule has 0 saturated carbocycles. The van der Waals surface area contributed by atoms with Crippen molar-refractivity contribution in [3.05, 3.63) is 71.8 Å². The summed E-state index contributed by atoms with van der Waals surface area (Å²) in [5, 5.41) is 0. The number of hydrogen-bond donors (Lipinski definition) is 0. The summed E-state index contributed by atoms with van der Waals surface area (Å²) in [6.45, 7) is 13.1. The highest BCUT2D eigenvalue weighted by Gasteiger charge is 2.22. The highest BCUT2D eigenvalue weighted by molar-refractivity contribution is 5.68. The number of ether oxygens (including phenoxy) is 2. The van der Waals surface area contributed by atoms with Gasteiger partial charge in [0.15, 0.2) is 0 Å². The number of benzene rings is 2. The second-order valence-corrected chi connectivity index (χ2v) is 7.79.